The number of carbonyl (C=O) groups excluding carboxylic acids is 1. The number of methoxy groups -OCH3 is 1. The summed E-state index contributed by atoms with van der Waals surface area (Å²) in [5.41, 5.74) is 2.84. The van der Waals surface area contributed by atoms with Crippen LogP contribution in [0.5, 0.6) is 5.75 Å². The molecule has 4 rings (SSSR count). The molecule has 0 spiro atoms. The summed E-state index contributed by atoms with van der Waals surface area (Å²) in [7, 11) is 3.93. The van der Waals surface area contributed by atoms with E-state index in [4.69, 9.17) is 9.47 Å². The van der Waals surface area contributed by atoms with Gasteiger partial charge in [-0.1, -0.05) is 6.07 Å². The van der Waals surface area contributed by atoms with Crippen molar-refractivity contribution in [2.24, 2.45) is 5.92 Å². The lowest BCUT2D eigenvalue weighted by Crippen LogP contribution is -2.60. The second-order valence-corrected chi connectivity index (χ2v) is 7.68. The van der Waals surface area contributed by atoms with Gasteiger partial charge in [0.05, 0.1) is 6.61 Å². The number of nitrogens with zero attached hydrogens (tertiary/aromatic N) is 1. The van der Waals surface area contributed by atoms with Crippen molar-refractivity contribution in [1.82, 2.24) is 4.90 Å². The monoisotopic (exact) mass is 365 g/mol. The van der Waals surface area contributed by atoms with Crippen LogP contribution in [0, 0.1) is 5.92 Å². The van der Waals surface area contributed by atoms with E-state index in [0.29, 0.717) is 31.0 Å². The van der Waals surface area contributed by atoms with Crippen molar-refractivity contribution in [2.75, 3.05) is 33.9 Å². The first-order chi connectivity index (χ1) is 11.6. The van der Waals surface area contributed by atoms with Crippen LogP contribution in [-0.4, -0.2) is 50.6 Å². The summed E-state index contributed by atoms with van der Waals surface area (Å²) in [6.07, 6.45) is 4.71. The van der Waals surface area contributed by atoms with Gasteiger partial charge >= 0.3 is 0 Å². The first-order valence-electron chi connectivity index (χ1n) is 9.11. The topological polar surface area (TPSA) is 38.8 Å². The van der Waals surface area contributed by atoms with Gasteiger partial charge in [0.1, 0.15) is 18.1 Å². The van der Waals surface area contributed by atoms with E-state index >= 15 is 0 Å². The largest absolute Gasteiger partial charge is 0.491 e. The minimum absolute atomic E-state index is 0. The highest BCUT2D eigenvalue weighted by molar-refractivity contribution is 5.85. The standard InChI is InChI=1S/C20H27NO3.ClH/c1-21-8-7-20-13-15(22)4-6-17(20)19(21)11-14-3-5-16(12-18(14)20)24-10-9-23-2;/h3,5,12,17,19H,4,6-11,13H2,1-2H3;1H/t17-,19+,20-;/m0./s1. The molecule has 1 aromatic rings. The molecule has 2 aliphatic carbocycles. The molecule has 0 N–H and O–H groups in total. The Kier molecular flexibility index (Phi) is 5.42. The molecule has 4 nitrogen and oxygen atoms in total. The Hall–Kier alpha value is -1.10. The van der Waals surface area contributed by atoms with E-state index in [1.165, 1.54) is 11.1 Å². The minimum Gasteiger partial charge on any atom is -0.491 e. The summed E-state index contributed by atoms with van der Waals surface area (Å²) in [4.78, 5) is 14.9. The molecule has 3 atom stereocenters. The highest BCUT2D eigenvalue weighted by atomic mass is 35.5. The fourth-order valence-electron chi connectivity index (χ4n) is 5.33. The Balaban J connectivity index is 0.00000182. The van der Waals surface area contributed by atoms with Crippen molar-refractivity contribution >= 4 is 18.2 Å². The van der Waals surface area contributed by atoms with Crippen LogP contribution in [0.15, 0.2) is 18.2 Å². The van der Waals surface area contributed by atoms with Gasteiger partial charge in [-0.05, 0) is 62.0 Å². The van der Waals surface area contributed by atoms with Crippen LogP contribution in [0.2, 0.25) is 0 Å². The van der Waals surface area contributed by atoms with Gasteiger partial charge in [0.2, 0.25) is 0 Å². The van der Waals surface area contributed by atoms with Gasteiger partial charge < -0.3 is 14.4 Å². The van der Waals surface area contributed by atoms with Crippen LogP contribution >= 0.6 is 12.4 Å². The van der Waals surface area contributed by atoms with E-state index in [9.17, 15) is 4.79 Å². The van der Waals surface area contributed by atoms with Crippen LogP contribution in [0.3, 0.4) is 0 Å². The number of piperidine rings is 1. The smallest absolute Gasteiger partial charge is 0.133 e. The summed E-state index contributed by atoms with van der Waals surface area (Å²) in [6.45, 7) is 2.24. The number of ketones is 1. The number of benzene rings is 1. The zero-order valence-electron chi connectivity index (χ0n) is 15.1. The Labute approximate surface area is 156 Å². The molecular formula is C20H28ClNO3. The predicted molar refractivity (Wildman–Crippen MR) is 99.8 cm³/mol. The number of halogens is 1. The van der Waals surface area contributed by atoms with E-state index in [1.54, 1.807) is 7.11 Å². The van der Waals surface area contributed by atoms with Crippen molar-refractivity contribution in [3.05, 3.63) is 29.3 Å². The van der Waals surface area contributed by atoms with E-state index in [-0.39, 0.29) is 17.8 Å². The molecular weight excluding hydrogens is 338 g/mol. The van der Waals surface area contributed by atoms with E-state index in [2.05, 4.69) is 30.1 Å². The van der Waals surface area contributed by atoms with Crippen LogP contribution < -0.4 is 4.74 Å². The SMILES string of the molecule is COCCOc1ccc2c(c1)[C@]13CCN(C)[C@H](C2)[C@@H]1CCC(=O)C3.Cl. The zero-order chi connectivity index (χ0) is 16.7. The molecule has 1 aliphatic heterocycles. The molecule has 25 heavy (non-hydrogen) atoms. The Morgan fingerprint density at radius 3 is 2.96 bits per heavy atom. The third-order valence-corrected chi connectivity index (χ3v) is 6.50. The Morgan fingerprint density at radius 1 is 1.32 bits per heavy atom. The average Bonchev–Trinajstić information content (AvgIpc) is 2.58. The van der Waals surface area contributed by atoms with Crippen LogP contribution in [0.4, 0.5) is 0 Å². The van der Waals surface area contributed by atoms with E-state index in [0.717, 1.165) is 44.4 Å². The van der Waals surface area contributed by atoms with Crippen molar-refractivity contribution in [2.45, 2.75) is 43.6 Å². The molecule has 5 heteroatoms. The molecule has 2 bridgehead atoms. The summed E-state index contributed by atoms with van der Waals surface area (Å²) in [5.74, 6) is 1.96. The van der Waals surface area contributed by atoms with Crippen LogP contribution in [0.25, 0.3) is 0 Å². The molecule has 0 amide bonds. The van der Waals surface area contributed by atoms with Crippen LogP contribution in [0.1, 0.15) is 36.8 Å². The number of likely N-dealkylation sites (N-methyl/N-ethyl adjacent to an activating group) is 1. The van der Waals surface area contributed by atoms with Gasteiger partial charge in [0, 0.05) is 31.4 Å². The zero-order valence-corrected chi connectivity index (χ0v) is 15.9. The molecule has 138 valence electrons. The summed E-state index contributed by atoms with van der Waals surface area (Å²) < 4.78 is 10.9. The third kappa shape index (κ3) is 3.09. The lowest BCUT2D eigenvalue weighted by molar-refractivity contribution is -0.126. The molecule has 1 heterocycles. The van der Waals surface area contributed by atoms with Crippen LogP contribution in [-0.2, 0) is 21.4 Å². The normalized spacial score (nSPS) is 30.9. The molecule has 0 aromatic heterocycles. The molecule has 2 fully saturated rings. The van der Waals surface area contributed by atoms with Gasteiger partial charge in [-0.2, -0.15) is 0 Å². The van der Waals surface area contributed by atoms with E-state index < -0.39 is 0 Å². The lowest BCUT2D eigenvalue weighted by atomic mass is 9.52. The highest BCUT2D eigenvalue weighted by Gasteiger charge is 2.54. The molecule has 1 saturated heterocycles. The predicted octanol–water partition coefficient (Wildman–Crippen LogP) is 3.00. The molecule has 1 aromatic carbocycles. The number of likely N-dealkylation sites (tertiary alicyclic amines) is 1. The number of carbonyl (C=O) groups is 1. The number of hydrogen-bond acceptors (Lipinski definition) is 4. The fraction of sp³-hybridized carbons (Fsp3) is 0.650. The quantitative estimate of drug-likeness (QED) is 0.769. The maximum atomic E-state index is 12.3. The second-order valence-electron chi connectivity index (χ2n) is 7.68. The number of rotatable bonds is 4. The number of ether oxygens (including phenoxy) is 2. The second kappa shape index (κ2) is 7.26. The maximum Gasteiger partial charge on any atom is 0.133 e. The van der Waals surface area contributed by atoms with Gasteiger partial charge in [0.15, 0.2) is 0 Å². The number of hydrogen-bond donors (Lipinski definition) is 0. The lowest BCUT2D eigenvalue weighted by Gasteiger charge is -2.58. The summed E-state index contributed by atoms with van der Waals surface area (Å²) >= 11 is 0. The molecule has 0 unspecified atom stereocenters. The van der Waals surface area contributed by atoms with Gasteiger partial charge in [-0.15, -0.1) is 12.4 Å². The minimum atomic E-state index is 0. The van der Waals surface area contributed by atoms with Crippen molar-refractivity contribution in [1.29, 1.82) is 0 Å². The number of Topliss-reactive ketones (excluding diaryl/α,β-unsaturated/α-hetero) is 1. The summed E-state index contributed by atoms with van der Waals surface area (Å²) in [6, 6.07) is 7.10. The van der Waals surface area contributed by atoms with Gasteiger partial charge in [-0.25, -0.2) is 0 Å². The first kappa shape index (κ1) is 18.7. The number of fused-ring (bicyclic) bond motifs is 1. The summed E-state index contributed by atoms with van der Waals surface area (Å²) in [5, 5.41) is 0. The van der Waals surface area contributed by atoms with Gasteiger partial charge in [0.25, 0.3) is 0 Å². The van der Waals surface area contributed by atoms with Crippen molar-refractivity contribution in [3.63, 3.8) is 0 Å². The average molecular weight is 366 g/mol. The molecule has 0 radical (unpaired) electrons. The van der Waals surface area contributed by atoms with Gasteiger partial charge in [-0.3, -0.25) is 4.79 Å². The third-order valence-electron chi connectivity index (χ3n) is 6.50. The first-order valence-corrected chi connectivity index (χ1v) is 9.11. The highest BCUT2D eigenvalue weighted by Crippen LogP contribution is 2.55. The van der Waals surface area contributed by atoms with E-state index in [1.807, 2.05) is 0 Å². The fourth-order valence-corrected chi connectivity index (χ4v) is 5.33. The van der Waals surface area contributed by atoms with Crippen molar-refractivity contribution < 1.29 is 14.3 Å². The maximum absolute atomic E-state index is 12.3. The Bertz CT molecular complexity index is 650. The Morgan fingerprint density at radius 2 is 2.16 bits per heavy atom. The molecule has 1 saturated carbocycles. The van der Waals surface area contributed by atoms with Crippen molar-refractivity contribution in [3.8, 4) is 5.75 Å². The molecule has 3 aliphatic rings.